The van der Waals surface area contributed by atoms with Gasteiger partial charge in [-0.2, -0.15) is 0 Å². The van der Waals surface area contributed by atoms with Gasteiger partial charge in [0.05, 0.1) is 0 Å². The first-order valence-electron chi connectivity index (χ1n) is 12.9. The van der Waals surface area contributed by atoms with E-state index in [0.717, 1.165) is 28.8 Å². The Labute approximate surface area is 228 Å². The molecule has 2 aromatic carbocycles. The van der Waals surface area contributed by atoms with Crippen molar-refractivity contribution in [2.75, 3.05) is 0 Å². The fourth-order valence-electron chi connectivity index (χ4n) is 5.60. The van der Waals surface area contributed by atoms with Gasteiger partial charge >= 0.3 is 6.09 Å². The van der Waals surface area contributed by atoms with E-state index in [1.54, 1.807) is 22.9 Å². The second-order valence-corrected chi connectivity index (χ2v) is 11.3. The molecule has 1 aliphatic carbocycles. The number of amides is 1. The number of carbonyl (C=O) groups is 1. The lowest BCUT2D eigenvalue weighted by Gasteiger charge is -2.36. The third kappa shape index (κ3) is 5.04. The molecule has 1 fully saturated rings. The van der Waals surface area contributed by atoms with Crippen molar-refractivity contribution in [3.05, 3.63) is 98.8 Å². The zero-order valence-electron chi connectivity index (χ0n) is 21.1. The summed E-state index contributed by atoms with van der Waals surface area (Å²) in [6.45, 7) is 0.653. The summed E-state index contributed by atoms with van der Waals surface area (Å²) in [5.74, 6) is 0.505. The minimum absolute atomic E-state index is 0.108. The van der Waals surface area contributed by atoms with Crippen molar-refractivity contribution in [2.45, 2.75) is 50.8 Å². The summed E-state index contributed by atoms with van der Waals surface area (Å²) in [7, 11) is 0. The lowest BCUT2D eigenvalue weighted by atomic mass is 9.77. The lowest BCUT2D eigenvalue weighted by Crippen LogP contribution is -2.49. The van der Waals surface area contributed by atoms with E-state index in [1.807, 2.05) is 30.3 Å². The van der Waals surface area contributed by atoms with Crippen molar-refractivity contribution < 1.29 is 19.0 Å². The number of nitrogens with zero attached hydrogens (tertiary/aromatic N) is 3. The highest BCUT2D eigenvalue weighted by molar-refractivity contribution is 7.15. The molecule has 10 heteroatoms. The number of rotatable bonds is 7. The van der Waals surface area contributed by atoms with Gasteiger partial charge in [-0.1, -0.05) is 42.5 Å². The molecule has 2 aliphatic heterocycles. The number of fused-ring (bicyclic) bond motifs is 2. The van der Waals surface area contributed by atoms with Crippen molar-refractivity contribution >= 4 is 17.4 Å². The Morgan fingerprint density at radius 1 is 1.13 bits per heavy atom. The summed E-state index contributed by atoms with van der Waals surface area (Å²) in [6.07, 6.45) is 3.90. The second-order valence-electron chi connectivity index (χ2n) is 10.2. The maximum atomic E-state index is 14.0. The van der Waals surface area contributed by atoms with Crippen molar-refractivity contribution in [1.82, 2.24) is 19.9 Å². The third-order valence-corrected chi connectivity index (χ3v) is 8.58. The fourth-order valence-corrected chi connectivity index (χ4v) is 6.53. The van der Waals surface area contributed by atoms with E-state index in [4.69, 9.17) is 9.72 Å². The number of nitrogens with one attached hydrogen (secondary N) is 1. The van der Waals surface area contributed by atoms with Gasteiger partial charge in [0.1, 0.15) is 34.5 Å². The molecule has 0 unspecified atom stereocenters. The van der Waals surface area contributed by atoms with Crippen LogP contribution in [0, 0.1) is 11.7 Å². The Kier molecular flexibility index (Phi) is 6.64. The molecule has 1 saturated carbocycles. The number of aromatic nitrogens is 3. The predicted molar refractivity (Wildman–Crippen MR) is 144 cm³/mol. The van der Waals surface area contributed by atoms with E-state index >= 15 is 0 Å². The third-order valence-electron chi connectivity index (χ3n) is 7.58. The minimum atomic E-state index is -1.14. The van der Waals surface area contributed by atoms with E-state index in [2.05, 4.69) is 10.3 Å². The van der Waals surface area contributed by atoms with Crippen molar-refractivity contribution in [2.24, 2.45) is 5.92 Å². The quantitative estimate of drug-likeness (QED) is 0.324. The Hall–Kier alpha value is -4.05. The number of ether oxygens (including phenoxy) is 1. The van der Waals surface area contributed by atoms with E-state index in [0.29, 0.717) is 42.3 Å². The number of benzene rings is 2. The van der Waals surface area contributed by atoms with Crippen molar-refractivity contribution in [1.29, 1.82) is 0 Å². The van der Waals surface area contributed by atoms with Gasteiger partial charge in [-0.15, -0.1) is 11.3 Å². The largest absolute Gasteiger partial charge is 0.481 e. The first-order chi connectivity index (χ1) is 18.9. The molecule has 4 heterocycles. The van der Waals surface area contributed by atoms with Crippen LogP contribution in [0.15, 0.2) is 65.6 Å². The molecular formula is C29H27FN4O4S. The minimum Gasteiger partial charge on any atom is -0.481 e. The molecule has 4 aromatic rings. The zero-order valence-corrected chi connectivity index (χ0v) is 21.9. The van der Waals surface area contributed by atoms with Gasteiger partial charge in [0.15, 0.2) is 0 Å². The number of thiazole rings is 1. The molecule has 1 amide bonds. The molecule has 0 atom stereocenters. The average molecular weight is 547 g/mol. The number of carboxylic acid groups (broad SMARTS) is 1. The summed E-state index contributed by atoms with van der Waals surface area (Å²) < 4.78 is 21.1. The van der Waals surface area contributed by atoms with Crippen LogP contribution in [0.5, 0.6) is 5.75 Å². The maximum absolute atomic E-state index is 14.0. The van der Waals surface area contributed by atoms with Crippen LogP contribution < -0.4 is 15.6 Å². The van der Waals surface area contributed by atoms with Gasteiger partial charge in [0.25, 0.3) is 5.56 Å². The molecule has 3 aliphatic rings. The topological polar surface area (TPSA) is 106 Å². The molecule has 2 aromatic heterocycles. The molecule has 0 spiro atoms. The fraction of sp³-hybridized carbons (Fsp3) is 0.310. The predicted octanol–water partition coefficient (Wildman–Crippen LogP) is 5.34. The highest BCUT2D eigenvalue weighted by Crippen LogP contribution is 2.44. The van der Waals surface area contributed by atoms with Gasteiger partial charge in [-0.05, 0) is 54.9 Å². The van der Waals surface area contributed by atoms with Crippen LogP contribution in [-0.2, 0) is 25.1 Å². The SMILES string of the molecule is O=C(O)NC12CCC(CC1)Cn1c2nc(-c2ncc(Cc3ccc(F)cc3)s2)c(OCc2ccccc2)c1=O. The van der Waals surface area contributed by atoms with Gasteiger partial charge in [-0.3, -0.25) is 9.36 Å². The molecule has 7 rings (SSSR count). The molecular weight excluding hydrogens is 519 g/mol. The van der Waals surface area contributed by atoms with E-state index in [1.165, 1.54) is 23.5 Å². The Bertz CT molecular complexity index is 1560. The normalized spacial score (nSPS) is 19.8. The first kappa shape index (κ1) is 25.2. The lowest BCUT2D eigenvalue weighted by molar-refractivity contribution is 0.153. The molecule has 0 radical (unpaired) electrons. The number of hydrogen-bond donors (Lipinski definition) is 2. The highest BCUT2D eigenvalue weighted by Gasteiger charge is 2.46. The smallest absolute Gasteiger partial charge is 0.405 e. The second kappa shape index (κ2) is 10.3. The van der Waals surface area contributed by atoms with E-state index < -0.39 is 11.6 Å². The Balaban J connectivity index is 1.45. The van der Waals surface area contributed by atoms with Crippen molar-refractivity contribution in [3.8, 4) is 16.5 Å². The summed E-state index contributed by atoms with van der Waals surface area (Å²) in [6, 6.07) is 15.9. The van der Waals surface area contributed by atoms with Crippen LogP contribution >= 0.6 is 11.3 Å². The van der Waals surface area contributed by atoms with Crippen molar-refractivity contribution in [3.63, 3.8) is 0 Å². The molecule has 8 nitrogen and oxygen atoms in total. The average Bonchev–Trinajstić information content (AvgIpc) is 3.27. The molecule has 200 valence electrons. The van der Waals surface area contributed by atoms with Crippen LogP contribution in [0.1, 0.15) is 47.5 Å². The van der Waals surface area contributed by atoms with Crippen LogP contribution in [0.4, 0.5) is 9.18 Å². The van der Waals surface area contributed by atoms with Gasteiger partial charge in [0.2, 0.25) is 5.75 Å². The van der Waals surface area contributed by atoms with Crippen LogP contribution in [0.2, 0.25) is 0 Å². The zero-order chi connectivity index (χ0) is 27.0. The summed E-state index contributed by atoms with van der Waals surface area (Å²) in [4.78, 5) is 36.3. The Morgan fingerprint density at radius 3 is 2.59 bits per heavy atom. The summed E-state index contributed by atoms with van der Waals surface area (Å²) in [5.41, 5.74) is 0.881. The van der Waals surface area contributed by atoms with E-state index in [9.17, 15) is 19.1 Å². The summed E-state index contributed by atoms with van der Waals surface area (Å²) in [5, 5.41) is 12.9. The van der Waals surface area contributed by atoms with E-state index in [-0.39, 0.29) is 29.7 Å². The number of hydrogen-bond acceptors (Lipinski definition) is 6. The molecule has 2 bridgehead atoms. The Morgan fingerprint density at radius 2 is 1.87 bits per heavy atom. The van der Waals surface area contributed by atoms with Crippen LogP contribution in [0.25, 0.3) is 10.7 Å². The summed E-state index contributed by atoms with van der Waals surface area (Å²) >= 11 is 1.39. The highest BCUT2D eigenvalue weighted by atomic mass is 32.1. The monoisotopic (exact) mass is 546 g/mol. The van der Waals surface area contributed by atoms with Crippen LogP contribution in [0.3, 0.4) is 0 Å². The van der Waals surface area contributed by atoms with Gasteiger partial charge < -0.3 is 15.2 Å². The molecule has 39 heavy (non-hydrogen) atoms. The standard InChI is InChI=1S/C29H27FN4O4S/c30-21-8-6-18(7-9-21)14-22-15-31-25(39-22)23-24(38-17-20-4-2-1-3-5-20)26(35)34-16-19-10-12-29(13-11-19,27(34)32-23)33-28(36)37/h1-9,15,19,33H,10-14,16-17H2,(H,36,37). The maximum Gasteiger partial charge on any atom is 0.405 e. The molecule has 2 N–H and O–H groups in total. The van der Waals surface area contributed by atoms with Gasteiger partial charge in [-0.25, -0.2) is 19.2 Å². The van der Waals surface area contributed by atoms with Crippen LogP contribution in [-0.4, -0.2) is 25.7 Å². The van der Waals surface area contributed by atoms with Gasteiger partial charge in [0, 0.05) is 24.0 Å². The first-order valence-corrected chi connectivity index (χ1v) is 13.7. The number of halogens is 1. The molecule has 0 saturated heterocycles.